The van der Waals surface area contributed by atoms with Gasteiger partial charge in [-0.05, 0) is 62.4 Å². The molecular weight excluding hydrogens is 412 g/mol. The number of hydrogen-bond acceptors (Lipinski definition) is 6. The van der Waals surface area contributed by atoms with Gasteiger partial charge in [0.05, 0.1) is 16.6 Å². The number of aromatic nitrogens is 4. The summed E-state index contributed by atoms with van der Waals surface area (Å²) in [5.41, 5.74) is 1.88. The highest BCUT2D eigenvalue weighted by molar-refractivity contribution is 6.30. The molecule has 0 unspecified atom stereocenters. The molecular formula is C23H23ClN6O. The molecule has 1 amide bonds. The first-order valence-electron chi connectivity index (χ1n) is 10.5. The molecule has 2 saturated heterocycles. The van der Waals surface area contributed by atoms with Crippen LogP contribution in [0.2, 0.25) is 5.02 Å². The van der Waals surface area contributed by atoms with Crippen LogP contribution in [0.5, 0.6) is 0 Å². The zero-order valence-corrected chi connectivity index (χ0v) is 18.0. The van der Waals surface area contributed by atoms with Crippen molar-refractivity contribution < 1.29 is 4.79 Å². The molecule has 1 saturated carbocycles. The topological polar surface area (TPSA) is 83.9 Å². The Bertz CT molecular complexity index is 1090. The molecule has 7 nitrogen and oxygen atoms in total. The third-order valence-corrected chi connectivity index (χ3v) is 6.37. The van der Waals surface area contributed by atoms with E-state index < -0.39 is 0 Å². The Hall–Kier alpha value is -3.06. The van der Waals surface area contributed by atoms with Gasteiger partial charge in [0.2, 0.25) is 0 Å². The summed E-state index contributed by atoms with van der Waals surface area (Å²) in [6.07, 6.45) is 8.11. The summed E-state index contributed by atoms with van der Waals surface area (Å²) in [6, 6.07) is 9.47. The lowest BCUT2D eigenvalue weighted by Crippen LogP contribution is -2.60. The minimum Gasteiger partial charge on any atom is -0.365 e. The number of fused-ring (bicyclic) bond motifs is 3. The smallest absolute Gasteiger partial charge is 0.273 e. The van der Waals surface area contributed by atoms with Gasteiger partial charge in [0, 0.05) is 36.9 Å². The average molecular weight is 435 g/mol. The first-order chi connectivity index (χ1) is 15.1. The number of rotatable bonds is 4. The number of piperidine rings is 2. The van der Waals surface area contributed by atoms with Crippen LogP contribution < -0.4 is 5.32 Å². The fraction of sp³-hybridized carbons (Fsp3) is 0.348. The summed E-state index contributed by atoms with van der Waals surface area (Å²) in [5.74, 6) is 1.69. The highest BCUT2D eigenvalue weighted by Gasteiger charge is 2.44. The standard InChI is InChI=1S/C23H23ClN6O/c1-14-3-6-17(22-25-9-2-10-26-22)21(28-14)23(31)30-13-15-4-7-19(30)18(11-15)29-20-8-5-16(24)12-27-20/h2-3,5-6,8-10,12,15,18-19H,4,7,11,13H2,1H3,(H,27,29)/t15-,18-,19+/m1/s1. The summed E-state index contributed by atoms with van der Waals surface area (Å²) in [7, 11) is 0. The van der Waals surface area contributed by atoms with E-state index in [1.54, 1.807) is 24.7 Å². The Balaban J connectivity index is 1.44. The number of pyridine rings is 2. The van der Waals surface area contributed by atoms with Crippen molar-refractivity contribution in [2.24, 2.45) is 5.92 Å². The van der Waals surface area contributed by atoms with Crippen LogP contribution >= 0.6 is 11.6 Å². The highest BCUT2D eigenvalue weighted by Crippen LogP contribution is 2.38. The molecule has 5 heterocycles. The SMILES string of the molecule is Cc1ccc(-c2ncccn2)c(C(=O)N2C[C@@H]3CC[C@H]2[C@H](Nc2ccc(Cl)cn2)C3)n1. The largest absolute Gasteiger partial charge is 0.365 e. The first kappa shape index (κ1) is 19.9. The van der Waals surface area contributed by atoms with E-state index in [4.69, 9.17) is 11.6 Å². The minimum atomic E-state index is -0.0589. The summed E-state index contributed by atoms with van der Waals surface area (Å²) in [6.45, 7) is 2.64. The van der Waals surface area contributed by atoms with Gasteiger partial charge in [0.1, 0.15) is 11.5 Å². The number of halogens is 1. The van der Waals surface area contributed by atoms with Gasteiger partial charge < -0.3 is 10.2 Å². The van der Waals surface area contributed by atoms with Crippen LogP contribution in [0.3, 0.4) is 0 Å². The van der Waals surface area contributed by atoms with Gasteiger partial charge in [-0.15, -0.1) is 0 Å². The number of hydrogen-bond donors (Lipinski definition) is 1. The van der Waals surface area contributed by atoms with E-state index in [9.17, 15) is 4.79 Å². The van der Waals surface area contributed by atoms with Crippen LogP contribution in [0.1, 0.15) is 35.4 Å². The fourth-order valence-corrected chi connectivity index (χ4v) is 4.82. The maximum Gasteiger partial charge on any atom is 0.273 e. The molecule has 2 aliphatic heterocycles. The van der Waals surface area contributed by atoms with Crippen molar-refractivity contribution in [1.82, 2.24) is 24.8 Å². The van der Waals surface area contributed by atoms with Gasteiger partial charge in [0.25, 0.3) is 5.91 Å². The zero-order valence-electron chi connectivity index (χ0n) is 17.2. The van der Waals surface area contributed by atoms with Gasteiger partial charge in [0.15, 0.2) is 5.82 Å². The maximum atomic E-state index is 13.7. The molecule has 3 fully saturated rings. The highest BCUT2D eigenvalue weighted by atomic mass is 35.5. The number of nitrogens with one attached hydrogen (secondary N) is 1. The predicted molar refractivity (Wildman–Crippen MR) is 119 cm³/mol. The van der Waals surface area contributed by atoms with Crippen molar-refractivity contribution in [3.8, 4) is 11.4 Å². The second-order valence-electron chi connectivity index (χ2n) is 8.24. The quantitative estimate of drug-likeness (QED) is 0.668. The normalized spacial score (nSPS) is 22.4. The Kier molecular flexibility index (Phi) is 5.28. The lowest BCUT2D eigenvalue weighted by molar-refractivity contribution is 0.0277. The molecule has 0 spiro atoms. The molecule has 3 atom stereocenters. The third kappa shape index (κ3) is 3.97. The predicted octanol–water partition coefficient (Wildman–Crippen LogP) is 4.00. The molecule has 3 aromatic heterocycles. The van der Waals surface area contributed by atoms with E-state index >= 15 is 0 Å². The molecule has 0 aromatic carbocycles. The summed E-state index contributed by atoms with van der Waals surface area (Å²) >= 11 is 5.97. The van der Waals surface area contributed by atoms with E-state index in [2.05, 4.69) is 25.3 Å². The van der Waals surface area contributed by atoms with Crippen molar-refractivity contribution >= 4 is 23.3 Å². The second-order valence-corrected chi connectivity index (χ2v) is 8.67. The monoisotopic (exact) mass is 434 g/mol. The minimum absolute atomic E-state index is 0.0589. The van der Waals surface area contributed by atoms with E-state index in [-0.39, 0.29) is 18.0 Å². The lowest BCUT2D eigenvalue weighted by atomic mass is 9.76. The molecule has 31 heavy (non-hydrogen) atoms. The van der Waals surface area contributed by atoms with Gasteiger partial charge >= 0.3 is 0 Å². The Morgan fingerprint density at radius 2 is 1.97 bits per heavy atom. The van der Waals surface area contributed by atoms with Gasteiger partial charge in [-0.25, -0.2) is 19.9 Å². The number of anilines is 1. The molecule has 6 rings (SSSR count). The number of carbonyl (C=O) groups is 1. The number of carbonyl (C=O) groups excluding carboxylic acids is 1. The van der Waals surface area contributed by atoms with Crippen molar-refractivity contribution in [3.05, 3.63) is 65.3 Å². The van der Waals surface area contributed by atoms with Crippen LogP contribution in [0.4, 0.5) is 5.82 Å². The van der Waals surface area contributed by atoms with Crippen LogP contribution in [0, 0.1) is 12.8 Å². The maximum absolute atomic E-state index is 13.7. The Labute approximate surface area is 185 Å². The third-order valence-electron chi connectivity index (χ3n) is 6.14. The molecule has 1 aliphatic carbocycles. The number of nitrogens with zero attached hydrogens (tertiary/aromatic N) is 5. The van der Waals surface area contributed by atoms with Crippen LogP contribution in [0.25, 0.3) is 11.4 Å². The number of amides is 1. The van der Waals surface area contributed by atoms with Crippen LogP contribution in [-0.2, 0) is 0 Å². The van der Waals surface area contributed by atoms with Crippen LogP contribution in [0.15, 0.2) is 48.9 Å². The van der Waals surface area contributed by atoms with Crippen LogP contribution in [-0.4, -0.2) is 49.4 Å². The van der Waals surface area contributed by atoms with E-state index in [1.807, 2.05) is 36.1 Å². The summed E-state index contributed by atoms with van der Waals surface area (Å²) < 4.78 is 0. The van der Waals surface area contributed by atoms with Crippen molar-refractivity contribution in [2.45, 2.75) is 38.3 Å². The number of aryl methyl sites for hydroxylation is 1. The van der Waals surface area contributed by atoms with Gasteiger partial charge in [-0.3, -0.25) is 4.79 Å². The zero-order chi connectivity index (χ0) is 21.4. The van der Waals surface area contributed by atoms with Crippen molar-refractivity contribution in [2.75, 3.05) is 11.9 Å². The van der Waals surface area contributed by atoms with Crippen molar-refractivity contribution in [1.29, 1.82) is 0 Å². The Morgan fingerprint density at radius 1 is 1.13 bits per heavy atom. The van der Waals surface area contributed by atoms with Crippen molar-refractivity contribution in [3.63, 3.8) is 0 Å². The molecule has 3 aliphatic rings. The average Bonchev–Trinajstić information content (AvgIpc) is 2.81. The molecule has 158 valence electrons. The summed E-state index contributed by atoms with van der Waals surface area (Å²) in [5, 5.41) is 4.13. The van der Waals surface area contributed by atoms with Gasteiger partial charge in [-0.1, -0.05) is 11.6 Å². The van der Waals surface area contributed by atoms with E-state index in [0.717, 1.165) is 37.3 Å². The fourth-order valence-electron chi connectivity index (χ4n) is 4.71. The first-order valence-corrected chi connectivity index (χ1v) is 10.9. The summed E-state index contributed by atoms with van der Waals surface area (Å²) in [4.78, 5) is 33.4. The molecule has 8 heteroatoms. The van der Waals surface area contributed by atoms with Gasteiger partial charge in [-0.2, -0.15) is 0 Å². The van der Waals surface area contributed by atoms with E-state index in [1.165, 1.54) is 0 Å². The second kappa shape index (κ2) is 8.23. The molecule has 0 radical (unpaired) electrons. The lowest BCUT2D eigenvalue weighted by Gasteiger charge is -2.50. The Morgan fingerprint density at radius 3 is 2.71 bits per heavy atom. The van der Waals surface area contributed by atoms with E-state index in [0.29, 0.717) is 28.0 Å². The molecule has 2 bridgehead atoms. The molecule has 1 N–H and O–H groups in total. The molecule has 3 aromatic rings.